The Kier molecular flexibility index (Phi) is 7.03. The number of rotatable bonds is 5. The first-order valence-electron chi connectivity index (χ1n) is 9.41. The molecule has 3 N–H and O–H groups in total. The molecule has 7 nitrogen and oxygen atoms in total. The van der Waals surface area contributed by atoms with Gasteiger partial charge in [0.25, 0.3) is 5.91 Å². The summed E-state index contributed by atoms with van der Waals surface area (Å²) >= 11 is 1.03. The van der Waals surface area contributed by atoms with E-state index in [1.165, 1.54) is 19.3 Å². The van der Waals surface area contributed by atoms with E-state index < -0.39 is 23.5 Å². The molecule has 0 bridgehead atoms. The Labute approximate surface area is 195 Å². The number of carbonyl (C=O) groups is 1. The van der Waals surface area contributed by atoms with Crippen molar-refractivity contribution in [3.8, 4) is 23.3 Å². The summed E-state index contributed by atoms with van der Waals surface area (Å²) in [6, 6.07) is 8.97. The monoisotopic (exact) mass is 486 g/mol. The molecule has 0 aliphatic carbocycles. The summed E-state index contributed by atoms with van der Waals surface area (Å²) < 4.78 is 53.5. The minimum absolute atomic E-state index is 0.0604. The second kappa shape index (κ2) is 9.77. The summed E-state index contributed by atoms with van der Waals surface area (Å²) in [6.45, 7) is 0. The molecular formula is C22H14F4N6OS. The Morgan fingerprint density at radius 2 is 1.88 bits per heavy atom. The van der Waals surface area contributed by atoms with Crippen LogP contribution in [0.3, 0.4) is 0 Å². The zero-order chi connectivity index (χ0) is 25.0. The fourth-order valence-corrected chi connectivity index (χ4v) is 4.00. The number of amides is 1. The second-order valence-corrected chi connectivity index (χ2v) is 7.72. The van der Waals surface area contributed by atoms with Crippen LogP contribution in [0.5, 0.6) is 0 Å². The molecule has 0 atom stereocenters. The number of nitrogens with zero attached hydrogens (tertiary/aromatic N) is 4. The summed E-state index contributed by atoms with van der Waals surface area (Å²) in [5, 5.41) is 21.8. The maximum atomic E-state index is 13.8. The summed E-state index contributed by atoms with van der Waals surface area (Å²) in [4.78, 5) is 19.8. The summed E-state index contributed by atoms with van der Waals surface area (Å²) in [5.41, 5.74) is 4.29. The average molecular weight is 486 g/mol. The highest BCUT2D eigenvalue weighted by atomic mass is 32.2. The number of halogens is 4. The van der Waals surface area contributed by atoms with E-state index in [0.717, 1.165) is 17.8 Å². The van der Waals surface area contributed by atoms with Gasteiger partial charge in [0.05, 0.1) is 11.1 Å². The number of nitrogen functional groups attached to an aromatic ring is 1. The molecular weight excluding hydrogens is 472 g/mol. The van der Waals surface area contributed by atoms with Gasteiger partial charge in [0, 0.05) is 24.6 Å². The lowest BCUT2D eigenvalue weighted by atomic mass is 9.95. The molecule has 0 saturated carbocycles. The van der Waals surface area contributed by atoms with Gasteiger partial charge in [0.2, 0.25) is 0 Å². The van der Waals surface area contributed by atoms with Gasteiger partial charge in [0.15, 0.2) is 0 Å². The maximum Gasteiger partial charge on any atom is 0.419 e. The third-order valence-corrected chi connectivity index (χ3v) is 5.68. The number of nitriles is 2. The topological polar surface area (TPSA) is 128 Å². The minimum Gasteiger partial charge on any atom is -0.383 e. The lowest BCUT2D eigenvalue weighted by molar-refractivity contribution is -0.139. The smallest absolute Gasteiger partial charge is 0.383 e. The van der Waals surface area contributed by atoms with E-state index in [1.807, 2.05) is 6.07 Å². The quantitative estimate of drug-likeness (QED) is 0.407. The van der Waals surface area contributed by atoms with Crippen molar-refractivity contribution in [1.82, 2.24) is 15.3 Å². The highest BCUT2D eigenvalue weighted by Crippen LogP contribution is 2.39. The molecule has 2 heterocycles. The van der Waals surface area contributed by atoms with E-state index in [9.17, 15) is 32.9 Å². The molecule has 0 aliphatic rings. The lowest BCUT2D eigenvalue weighted by Crippen LogP contribution is -2.19. The van der Waals surface area contributed by atoms with Crippen LogP contribution in [-0.2, 0) is 11.9 Å². The van der Waals surface area contributed by atoms with Crippen molar-refractivity contribution in [3.63, 3.8) is 0 Å². The fraction of sp³-hybridized carbons (Fsp3) is 0.136. The first kappa shape index (κ1) is 24.5. The van der Waals surface area contributed by atoms with Crippen LogP contribution in [0.1, 0.15) is 32.7 Å². The number of pyridine rings is 2. The Hall–Kier alpha value is -4.16. The van der Waals surface area contributed by atoms with E-state index in [0.29, 0.717) is 17.7 Å². The SMILES string of the molecule is CNC(=O)c1cc(CSc2nc(N)c(C#N)c(-c3ccc(F)c(C(F)(F)F)c3)c2C#N)ccn1. The van der Waals surface area contributed by atoms with Crippen molar-refractivity contribution >= 4 is 23.5 Å². The van der Waals surface area contributed by atoms with Crippen molar-refractivity contribution in [1.29, 1.82) is 10.5 Å². The molecule has 3 rings (SSSR count). The number of anilines is 1. The predicted octanol–water partition coefficient (Wildman–Crippen LogP) is 4.28. The van der Waals surface area contributed by atoms with Crippen LogP contribution in [0.15, 0.2) is 41.6 Å². The molecule has 0 spiro atoms. The van der Waals surface area contributed by atoms with Crippen LogP contribution < -0.4 is 11.1 Å². The number of alkyl halides is 3. The van der Waals surface area contributed by atoms with Crippen LogP contribution in [-0.4, -0.2) is 22.9 Å². The normalized spacial score (nSPS) is 10.9. The van der Waals surface area contributed by atoms with Gasteiger partial charge in [-0.2, -0.15) is 23.7 Å². The summed E-state index contributed by atoms with van der Waals surface area (Å²) in [7, 11) is 1.45. The Balaban J connectivity index is 2.10. The highest BCUT2D eigenvalue weighted by molar-refractivity contribution is 7.98. The molecule has 0 unspecified atom stereocenters. The zero-order valence-corrected chi connectivity index (χ0v) is 18.2. The predicted molar refractivity (Wildman–Crippen MR) is 116 cm³/mol. The van der Waals surface area contributed by atoms with Crippen molar-refractivity contribution in [3.05, 3.63) is 70.3 Å². The van der Waals surface area contributed by atoms with Crippen molar-refractivity contribution < 1.29 is 22.4 Å². The third-order valence-electron chi connectivity index (χ3n) is 4.64. The number of hydrogen-bond acceptors (Lipinski definition) is 7. The van der Waals surface area contributed by atoms with E-state index in [-0.39, 0.29) is 44.5 Å². The number of nitrogens with one attached hydrogen (secondary N) is 1. The molecule has 12 heteroatoms. The van der Waals surface area contributed by atoms with Crippen LogP contribution in [0.4, 0.5) is 23.4 Å². The molecule has 0 fully saturated rings. The van der Waals surface area contributed by atoms with Gasteiger partial charge in [-0.25, -0.2) is 9.37 Å². The molecule has 172 valence electrons. The van der Waals surface area contributed by atoms with Gasteiger partial charge in [0.1, 0.15) is 40.1 Å². The lowest BCUT2D eigenvalue weighted by Gasteiger charge is -2.15. The average Bonchev–Trinajstić information content (AvgIpc) is 2.81. The number of thioether (sulfide) groups is 1. The van der Waals surface area contributed by atoms with E-state index in [2.05, 4.69) is 15.3 Å². The number of hydrogen-bond donors (Lipinski definition) is 2. The summed E-state index contributed by atoms with van der Waals surface area (Å²) in [5.74, 6) is -1.98. The number of carbonyl (C=O) groups excluding carboxylic acids is 1. The molecule has 1 aromatic carbocycles. The summed E-state index contributed by atoms with van der Waals surface area (Å²) in [6.07, 6.45) is -3.56. The Bertz CT molecular complexity index is 1360. The Morgan fingerprint density at radius 1 is 1.18 bits per heavy atom. The fourth-order valence-electron chi connectivity index (χ4n) is 3.06. The van der Waals surface area contributed by atoms with Gasteiger partial charge < -0.3 is 11.1 Å². The van der Waals surface area contributed by atoms with Crippen molar-refractivity contribution in [2.75, 3.05) is 12.8 Å². The maximum absolute atomic E-state index is 13.8. The largest absolute Gasteiger partial charge is 0.419 e. The van der Waals surface area contributed by atoms with Crippen LogP contribution in [0, 0.1) is 28.5 Å². The molecule has 0 saturated heterocycles. The Morgan fingerprint density at radius 3 is 2.50 bits per heavy atom. The third kappa shape index (κ3) is 4.92. The molecule has 34 heavy (non-hydrogen) atoms. The van der Waals surface area contributed by atoms with E-state index >= 15 is 0 Å². The van der Waals surface area contributed by atoms with Gasteiger partial charge in [-0.1, -0.05) is 6.07 Å². The first-order chi connectivity index (χ1) is 16.1. The second-order valence-electron chi connectivity index (χ2n) is 6.76. The molecule has 1 amide bonds. The van der Waals surface area contributed by atoms with Crippen LogP contribution in [0.25, 0.3) is 11.1 Å². The number of nitrogens with two attached hydrogens (primary N) is 1. The van der Waals surface area contributed by atoms with Crippen molar-refractivity contribution in [2.24, 2.45) is 0 Å². The van der Waals surface area contributed by atoms with E-state index in [4.69, 9.17) is 5.73 Å². The standard InChI is InChI=1S/C22H14F4N6OS/c1-30-20(33)17-6-11(4-5-31-17)10-34-21-14(9-28)18(13(8-27)19(29)32-21)12-2-3-16(23)15(7-12)22(24,25)26/h2-7H,10H2,1H3,(H2,29,32)(H,30,33). The molecule has 0 radical (unpaired) electrons. The van der Waals surface area contributed by atoms with Crippen LogP contribution in [0.2, 0.25) is 0 Å². The highest BCUT2D eigenvalue weighted by Gasteiger charge is 2.35. The number of benzene rings is 1. The molecule has 3 aromatic rings. The first-order valence-corrected chi connectivity index (χ1v) is 10.4. The molecule has 0 aliphatic heterocycles. The minimum atomic E-state index is -4.99. The number of aromatic nitrogens is 2. The van der Waals surface area contributed by atoms with Crippen molar-refractivity contribution in [2.45, 2.75) is 17.0 Å². The van der Waals surface area contributed by atoms with Gasteiger partial charge in [-0.15, -0.1) is 11.8 Å². The zero-order valence-electron chi connectivity index (χ0n) is 17.4. The van der Waals surface area contributed by atoms with E-state index in [1.54, 1.807) is 12.1 Å². The van der Waals surface area contributed by atoms with Gasteiger partial charge in [-0.05, 0) is 35.4 Å². The van der Waals surface area contributed by atoms with Gasteiger partial charge >= 0.3 is 6.18 Å². The molecule has 2 aromatic heterocycles. The van der Waals surface area contributed by atoms with Gasteiger partial charge in [-0.3, -0.25) is 9.78 Å². The van der Waals surface area contributed by atoms with Crippen LogP contribution >= 0.6 is 11.8 Å².